The number of carbonyl (C=O) groups is 1. The van der Waals surface area contributed by atoms with Crippen LogP contribution in [0, 0.1) is 5.92 Å². The Hall–Kier alpha value is -2.63. The minimum absolute atomic E-state index is 0.0486. The van der Waals surface area contributed by atoms with E-state index < -0.39 is 0 Å². The Bertz CT molecular complexity index is 754. The van der Waals surface area contributed by atoms with Crippen LogP contribution in [-0.2, 0) is 0 Å². The summed E-state index contributed by atoms with van der Waals surface area (Å²) in [6, 6.07) is 12.0. The molecular weight excluding hydrogens is 302 g/mol. The molecule has 0 radical (unpaired) electrons. The third-order valence-electron chi connectivity index (χ3n) is 4.99. The maximum absolute atomic E-state index is 12.9. The molecule has 2 aliphatic rings. The SMILES string of the molecule is CN=CN1C[C@H]2CCN(C(=O)c3cc(-c4ccccc4)n[nH]3)[C@H]2C1. The Morgan fingerprint density at radius 3 is 2.96 bits per heavy atom. The molecule has 24 heavy (non-hydrogen) atoms. The number of hydrogen-bond donors (Lipinski definition) is 1. The molecule has 0 saturated carbocycles. The van der Waals surface area contributed by atoms with Crippen LogP contribution in [0.1, 0.15) is 16.9 Å². The second-order valence-corrected chi connectivity index (χ2v) is 6.48. The van der Waals surface area contributed by atoms with E-state index in [1.54, 1.807) is 7.05 Å². The zero-order valence-electron chi connectivity index (χ0n) is 13.7. The fourth-order valence-electron chi connectivity index (χ4n) is 3.85. The van der Waals surface area contributed by atoms with Crippen molar-refractivity contribution in [2.45, 2.75) is 12.5 Å². The van der Waals surface area contributed by atoms with E-state index in [-0.39, 0.29) is 11.9 Å². The molecule has 2 saturated heterocycles. The Labute approximate surface area is 141 Å². The highest BCUT2D eigenvalue weighted by molar-refractivity contribution is 5.94. The van der Waals surface area contributed by atoms with Crippen molar-refractivity contribution < 1.29 is 4.79 Å². The van der Waals surface area contributed by atoms with Gasteiger partial charge in [0.25, 0.3) is 5.91 Å². The summed E-state index contributed by atoms with van der Waals surface area (Å²) in [4.78, 5) is 21.2. The van der Waals surface area contributed by atoms with Gasteiger partial charge in [0.1, 0.15) is 5.69 Å². The molecule has 1 aromatic carbocycles. The van der Waals surface area contributed by atoms with Gasteiger partial charge >= 0.3 is 0 Å². The molecule has 4 rings (SSSR count). The Morgan fingerprint density at radius 1 is 1.33 bits per heavy atom. The molecule has 1 amide bonds. The van der Waals surface area contributed by atoms with Crippen LogP contribution in [0.25, 0.3) is 11.3 Å². The second kappa shape index (κ2) is 6.11. The first-order valence-corrected chi connectivity index (χ1v) is 8.34. The van der Waals surface area contributed by atoms with E-state index in [1.165, 1.54) is 0 Å². The summed E-state index contributed by atoms with van der Waals surface area (Å²) in [6.45, 7) is 2.68. The van der Waals surface area contributed by atoms with Crippen molar-refractivity contribution in [1.29, 1.82) is 0 Å². The van der Waals surface area contributed by atoms with Gasteiger partial charge in [-0.05, 0) is 12.5 Å². The number of aliphatic imine (C=N–C) groups is 1. The third-order valence-corrected chi connectivity index (χ3v) is 4.99. The lowest BCUT2D eigenvalue weighted by atomic mass is 10.1. The first kappa shape index (κ1) is 14.9. The molecule has 2 atom stereocenters. The van der Waals surface area contributed by atoms with Crippen molar-refractivity contribution in [3.05, 3.63) is 42.1 Å². The molecule has 6 nitrogen and oxygen atoms in total. The number of amides is 1. The molecule has 2 fully saturated rings. The van der Waals surface area contributed by atoms with E-state index in [0.717, 1.165) is 37.3 Å². The quantitative estimate of drug-likeness (QED) is 0.693. The van der Waals surface area contributed by atoms with Crippen LogP contribution in [0.4, 0.5) is 0 Å². The molecule has 0 aliphatic carbocycles. The van der Waals surface area contributed by atoms with Crippen LogP contribution >= 0.6 is 0 Å². The molecule has 124 valence electrons. The van der Waals surface area contributed by atoms with Crippen LogP contribution in [0.15, 0.2) is 41.4 Å². The zero-order chi connectivity index (χ0) is 16.5. The highest BCUT2D eigenvalue weighted by atomic mass is 16.2. The predicted molar refractivity (Wildman–Crippen MR) is 92.9 cm³/mol. The van der Waals surface area contributed by atoms with Crippen molar-refractivity contribution in [3.63, 3.8) is 0 Å². The monoisotopic (exact) mass is 323 g/mol. The Morgan fingerprint density at radius 2 is 2.17 bits per heavy atom. The van der Waals surface area contributed by atoms with E-state index in [2.05, 4.69) is 20.1 Å². The van der Waals surface area contributed by atoms with Gasteiger partial charge in [-0.2, -0.15) is 5.10 Å². The Balaban J connectivity index is 1.51. The minimum atomic E-state index is 0.0486. The van der Waals surface area contributed by atoms with Crippen molar-refractivity contribution in [1.82, 2.24) is 20.0 Å². The molecule has 0 spiro atoms. The zero-order valence-corrected chi connectivity index (χ0v) is 13.7. The number of aromatic nitrogens is 2. The van der Waals surface area contributed by atoms with Crippen LogP contribution in [0.3, 0.4) is 0 Å². The van der Waals surface area contributed by atoms with Crippen molar-refractivity contribution >= 4 is 12.2 Å². The lowest BCUT2D eigenvalue weighted by molar-refractivity contribution is 0.0726. The van der Waals surface area contributed by atoms with Gasteiger partial charge in [-0.25, -0.2) is 0 Å². The number of H-pyrrole nitrogens is 1. The maximum Gasteiger partial charge on any atom is 0.272 e. The van der Waals surface area contributed by atoms with E-state index in [0.29, 0.717) is 11.6 Å². The minimum Gasteiger partial charge on any atom is -0.361 e. The van der Waals surface area contributed by atoms with Crippen LogP contribution in [0.2, 0.25) is 0 Å². The highest BCUT2D eigenvalue weighted by Crippen LogP contribution is 2.32. The number of likely N-dealkylation sites (tertiary alicyclic amines) is 2. The largest absolute Gasteiger partial charge is 0.361 e. The number of fused-ring (bicyclic) bond motifs is 1. The molecule has 2 aromatic rings. The predicted octanol–water partition coefficient (Wildman–Crippen LogP) is 1.88. The highest BCUT2D eigenvalue weighted by Gasteiger charge is 2.43. The summed E-state index contributed by atoms with van der Waals surface area (Å²) in [5.41, 5.74) is 2.39. The molecule has 3 heterocycles. The number of benzene rings is 1. The Kier molecular flexibility index (Phi) is 3.80. The van der Waals surface area contributed by atoms with Gasteiger partial charge in [-0.3, -0.25) is 14.9 Å². The van der Waals surface area contributed by atoms with E-state index >= 15 is 0 Å². The van der Waals surface area contributed by atoms with Gasteiger partial charge in [0.05, 0.1) is 18.1 Å². The van der Waals surface area contributed by atoms with Crippen LogP contribution < -0.4 is 0 Å². The van der Waals surface area contributed by atoms with Gasteiger partial charge < -0.3 is 9.80 Å². The summed E-state index contributed by atoms with van der Waals surface area (Å²) in [5, 5.41) is 7.22. The number of hydrogen-bond acceptors (Lipinski definition) is 3. The van der Waals surface area contributed by atoms with Gasteiger partial charge in [-0.15, -0.1) is 0 Å². The molecule has 1 N–H and O–H groups in total. The standard InChI is InChI=1S/C18H21N5O/c1-19-12-22-10-14-7-8-23(17(14)11-22)18(24)16-9-15(20-21-16)13-5-3-2-4-6-13/h2-6,9,12,14,17H,7-8,10-11H2,1H3,(H,20,21)/t14-,17+/m1/s1. The molecule has 0 bridgehead atoms. The second-order valence-electron chi connectivity index (χ2n) is 6.48. The van der Waals surface area contributed by atoms with Crippen molar-refractivity contribution in [2.24, 2.45) is 10.9 Å². The van der Waals surface area contributed by atoms with Gasteiger partial charge in [0.15, 0.2) is 0 Å². The van der Waals surface area contributed by atoms with Crippen molar-refractivity contribution in [3.8, 4) is 11.3 Å². The van der Waals surface area contributed by atoms with E-state index in [4.69, 9.17) is 0 Å². The molecule has 0 unspecified atom stereocenters. The summed E-state index contributed by atoms with van der Waals surface area (Å²) < 4.78 is 0. The smallest absolute Gasteiger partial charge is 0.272 e. The average Bonchev–Trinajstić information content (AvgIpc) is 3.30. The lowest BCUT2D eigenvalue weighted by Crippen LogP contribution is -2.39. The average molecular weight is 323 g/mol. The van der Waals surface area contributed by atoms with E-state index in [9.17, 15) is 4.79 Å². The number of nitrogens with zero attached hydrogens (tertiary/aromatic N) is 4. The third kappa shape index (κ3) is 2.58. The van der Waals surface area contributed by atoms with Crippen molar-refractivity contribution in [2.75, 3.05) is 26.7 Å². The lowest BCUT2D eigenvalue weighted by Gasteiger charge is -2.23. The normalized spacial score (nSPS) is 23.2. The summed E-state index contributed by atoms with van der Waals surface area (Å²) in [5.74, 6) is 0.593. The first-order valence-electron chi connectivity index (χ1n) is 8.34. The summed E-state index contributed by atoms with van der Waals surface area (Å²) in [7, 11) is 1.78. The molecule has 2 aliphatic heterocycles. The number of nitrogens with one attached hydrogen (secondary N) is 1. The fraction of sp³-hybridized carbons (Fsp3) is 0.389. The summed E-state index contributed by atoms with van der Waals surface area (Å²) >= 11 is 0. The number of rotatable bonds is 3. The van der Waals surface area contributed by atoms with Gasteiger partial charge in [0.2, 0.25) is 0 Å². The molecule has 6 heteroatoms. The van der Waals surface area contributed by atoms with E-state index in [1.807, 2.05) is 47.6 Å². The molecular formula is C18H21N5O. The van der Waals surface area contributed by atoms with Gasteiger partial charge in [-0.1, -0.05) is 30.3 Å². The fourth-order valence-corrected chi connectivity index (χ4v) is 3.85. The number of aromatic amines is 1. The maximum atomic E-state index is 12.9. The number of carbonyl (C=O) groups excluding carboxylic acids is 1. The summed E-state index contributed by atoms with van der Waals surface area (Å²) in [6.07, 6.45) is 2.94. The first-order chi connectivity index (χ1) is 11.8. The van der Waals surface area contributed by atoms with Gasteiger partial charge in [0, 0.05) is 38.2 Å². The van der Waals surface area contributed by atoms with Crippen LogP contribution in [-0.4, -0.2) is 65.0 Å². The topological polar surface area (TPSA) is 64.6 Å². The molecule has 1 aromatic heterocycles. The van der Waals surface area contributed by atoms with Crippen LogP contribution in [0.5, 0.6) is 0 Å².